The molecule has 0 amide bonds. The average Bonchev–Trinajstić information content (AvgIpc) is 2.35. The number of piperidine rings is 1. The predicted octanol–water partition coefficient (Wildman–Crippen LogP) is 2.49. The van der Waals surface area contributed by atoms with Crippen molar-refractivity contribution in [2.45, 2.75) is 43.7 Å². The van der Waals surface area contributed by atoms with Crippen LogP contribution in [0.15, 0.2) is 23.1 Å². The van der Waals surface area contributed by atoms with Gasteiger partial charge in [-0.2, -0.15) is 0 Å². The van der Waals surface area contributed by atoms with E-state index in [2.05, 4.69) is 10.0 Å². The Balaban J connectivity index is 0.00000200. The molecule has 114 valence electrons. The van der Waals surface area contributed by atoms with Crippen LogP contribution >= 0.6 is 24.0 Å². The number of benzene rings is 1. The van der Waals surface area contributed by atoms with Gasteiger partial charge in [-0.1, -0.05) is 23.7 Å². The molecule has 2 rings (SSSR count). The lowest BCUT2D eigenvalue weighted by atomic mass is 10.0. The maximum atomic E-state index is 12.4. The summed E-state index contributed by atoms with van der Waals surface area (Å²) in [4.78, 5) is 0.159. The smallest absolute Gasteiger partial charge is 0.242 e. The summed E-state index contributed by atoms with van der Waals surface area (Å²) in [7, 11) is -3.57. The Morgan fingerprint density at radius 1 is 1.40 bits per heavy atom. The molecule has 0 radical (unpaired) electrons. The molecular weight excluding hydrogens is 319 g/mol. The van der Waals surface area contributed by atoms with Gasteiger partial charge >= 0.3 is 0 Å². The summed E-state index contributed by atoms with van der Waals surface area (Å²) in [5.41, 5.74) is 0.763. The Hall–Kier alpha value is -0.330. The van der Waals surface area contributed by atoms with Crippen LogP contribution in [0.5, 0.6) is 0 Å². The van der Waals surface area contributed by atoms with Crippen molar-refractivity contribution in [3.8, 4) is 0 Å². The van der Waals surface area contributed by atoms with Crippen LogP contribution in [0.25, 0.3) is 0 Å². The molecule has 2 unspecified atom stereocenters. The van der Waals surface area contributed by atoms with Crippen LogP contribution in [0, 0.1) is 6.92 Å². The highest BCUT2D eigenvalue weighted by Gasteiger charge is 2.27. The fourth-order valence-corrected chi connectivity index (χ4v) is 4.23. The Morgan fingerprint density at radius 3 is 2.75 bits per heavy atom. The van der Waals surface area contributed by atoms with Gasteiger partial charge in [-0.15, -0.1) is 12.4 Å². The molecule has 7 heteroatoms. The summed E-state index contributed by atoms with van der Waals surface area (Å²) in [6, 6.07) is 5.09. The Kier molecular flexibility index (Phi) is 6.28. The number of nitrogens with one attached hydrogen (secondary N) is 2. The van der Waals surface area contributed by atoms with Gasteiger partial charge in [-0.25, -0.2) is 13.1 Å². The molecule has 1 saturated heterocycles. The van der Waals surface area contributed by atoms with Crippen LogP contribution in [-0.4, -0.2) is 27.0 Å². The molecule has 1 aliphatic heterocycles. The largest absolute Gasteiger partial charge is 0.313 e. The molecule has 2 atom stereocenters. The molecule has 1 aromatic carbocycles. The predicted molar refractivity (Wildman–Crippen MR) is 84.2 cm³/mol. The molecule has 0 bridgehead atoms. The van der Waals surface area contributed by atoms with E-state index < -0.39 is 10.0 Å². The molecule has 4 nitrogen and oxygen atoms in total. The fourth-order valence-electron chi connectivity index (χ4n) is 2.30. The minimum absolute atomic E-state index is 0. The van der Waals surface area contributed by atoms with Crippen LogP contribution in [0.3, 0.4) is 0 Å². The summed E-state index contributed by atoms with van der Waals surface area (Å²) in [6.07, 6.45) is 1.82. The lowest BCUT2D eigenvalue weighted by molar-refractivity contribution is 0.349. The van der Waals surface area contributed by atoms with Crippen molar-refractivity contribution >= 4 is 34.0 Å². The van der Waals surface area contributed by atoms with E-state index in [1.807, 2.05) is 6.92 Å². The topological polar surface area (TPSA) is 58.2 Å². The SMILES string of the molecule is Cc1cccc(S(=O)(=O)NC2CCCNC2C)c1Cl.Cl. The van der Waals surface area contributed by atoms with Gasteiger partial charge in [0.05, 0.1) is 5.02 Å². The van der Waals surface area contributed by atoms with Gasteiger partial charge in [0.2, 0.25) is 10.0 Å². The first-order valence-corrected chi connectivity index (χ1v) is 8.29. The zero-order valence-corrected chi connectivity index (χ0v) is 13.9. The number of rotatable bonds is 3. The Labute approximate surface area is 131 Å². The molecule has 0 aliphatic carbocycles. The minimum Gasteiger partial charge on any atom is -0.313 e. The summed E-state index contributed by atoms with van der Waals surface area (Å²) >= 11 is 6.10. The third-order valence-corrected chi connectivity index (χ3v) is 5.66. The number of hydrogen-bond acceptors (Lipinski definition) is 3. The zero-order valence-electron chi connectivity index (χ0n) is 11.5. The highest BCUT2D eigenvalue weighted by atomic mass is 35.5. The normalized spacial score (nSPS) is 23.1. The monoisotopic (exact) mass is 338 g/mol. The van der Waals surface area contributed by atoms with Crippen molar-refractivity contribution < 1.29 is 8.42 Å². The number of halogens is 2. The molecule has 2 N–H and O–H groups in total. The van der Waals surface area contributed by atoms with Crippen molar-refractivity contribution in [3.63, 3.8) is 0 Å². The van der Waals surface area contributed by atoms with Crippen LogP contribution in [0.1, 0.15) is 25.3 Å². The van der Waals surface area contributed by atoms with E-state index in [1.165, 1.54) is 0 Å². The van der Waals surface area contributed by atoms with Crippen molar-refractivity contribution in [2.24, 2.45) is 0 Å². The van der Waals surface area contributed by atoms with Gasteiger partial charge in [-0.3, -0.25) is 0 Å². The average molecular weight is 339 g/mol. The Bertz CT molecular complexity index is 563. The molecular formula is C13H20Cl2N2O2S. The first-order chi connectivity index (χ1) is 8.92. The second kappa shape index (κ2) is 7.09. The van der Waals surface area contributed by atoms with Crippen LogP contribution in [0.2, 0.25) is 5.02 Å². The van der Waals surface area contributed by atoms with Gasteiger partial charge in [-0.05, 0) is 44.9 Å². The van der Waals surface area contributed by atoms with Crippen molar-refractivity contribution in [1.29, 1.82) is 0 Å². The van der Waals surface area contributed by atoms with Crippen molar-refractivity contribution in [3.05, 3.63) is 28.8 Å². The standard InChI is InChI=1S/C13H19ClN2O2S.ClH/c1-9-5-3-7-12(13(9)14)19(17,18)16-11-6-4-8-15-10(11)2;/h3,5,7,10-11,15-16H,4,6,8H2,1-2H3;1H. The third-order valence-electron chi connectivity index (χ3n) is 3.51. The van der Waals surface area contributed by atoms with E-state index in [0.29, 0.717) is 5.02 Å². The molecule has 1 aromatic rings. The van der Waals surface area contributed by atoms with E-state index in [1.54, 1.807) is 25.1 Å². The fraction of sp³-hybridized carbons (Fsp3) is 0.538. The minimum atomic E-state index is -3.57. The van der Waals surface area contributed by atoms with Gasteiger partial charge in [0.1, 0.15) is 4.90 Å². The van der Waals surface area contributed by atoms with Gasteiger partial charge in [0, 0.05) is 12.1 Å². The highest BCUT2D eigenvalue weighted by molar-refractivity contribution is 7.89. The molecule has 1 aliphatic rings. The molecule has 20 heavy (non-hydrogen) atoms. The summed E-state index contributed by atoms with van der Waals surface area (Å²) in [5.74, 6) is 0. The quantitative estimate of drug-likeness (QED) is 0.890. The first-order valence-electron chi connectivity index (χ1n) is 6.42. The van der Waals surface area contributed by atoms with Crippen LogP contribution in [0.4, 0.5) is 0 Å². The van der Waals surface area contributed by atoms with Crippen molar-refractivity contribution in [2.75, 3.05) is 6.54 Å². The maximum Gasteiger partial charge on any atom is 0.242 e. The number of aryl methyl sites for hydroxylation is 1. The number of sulfonamides is 1. The van der Waals surface area contributed by atoms with E-state index in [0.717, 1.165) is 24.9 Å². The van der Waals surface area contributed by atoms with Crippen LogP contribution in [-0.2, 0) is 10.0 Å². The van der Waals surface area contributed by atoms with Gasteiger partial charge in [0.15, 0.2) is 0 Å². The highest BCUT2D eigenvalue weighted by Crippen LogP contribution is 2.25. The number of hydrogen-bond donors (Lipinski definition) is 2. The van der Waals surface area contributed by atoms with Gasteiger partial charge < -0.3 is 5.32 Å². The molecule has 0 saturated carbocycles. The van der Waals surface area contributed by atoms with E-state index in [-0.39, 0.29) is 29.4 Å². The summed E-state index contributed by atoms with van der Waals surface area (Å²) in [5, 5.41) is 3.57. The second-order valence-electron chi connectivity index (χ2n) is 5.00. The summed E-state index contributed by atoms with van der Waals surface area (Å²) < 4.78 is 27.5. The molecule has 1 fully saturated rings. The molecule has 1 heterocycles. The molecule has 0 aromatic heterocycles. The van der Waals surface area contributed by atoms with E-state index in [9.17, 15) is 8.42 Å². The summed E-state index contributed by atoms with van der Waals surface area (Å²) in [6.45, 7) is 4.72. The zero-order chi connectivity index (χ0) is 14.0. The lowest BCUT2D eigenvalue weighted by Gasteiger charge is -2.30. The molecule has 0 spiro atoms. The van der Waals surface area contributed by atoms with E-state index >= 15 is 0 Å². The third kappa shape index (κ3) is 3.86. The van der Waals surface area contributed by atoms with Gasteiger partial charge in [0.25, 0.3) is 0 Å². The second-order valence-corrected chi connectivity index (χ2v) is 7.06. The lowest BCUT2D eigenvalue weighted by Crippen LogP contribution is -2.51. The first kappa shape index (κ1) is 17.7. The van der Waals surface area contributed by atoms with E-state index in [4.69, 9.17) is 11.6 Å². The van der Waals surface area contributed by atoms with Crippen molar-refractivity contribution in [1.82, 2.24) is 10.0 Å². The maximum absolute atomic E-state index is 12.4. The Morgan fingerprint density at radius 2 is 2.10 bits per heavy atom. The van der Waals surface area contributed by atoms with Crippen LogP contribution < -0.4 is 10.0 Å².